The van der Waals surface area contributed by atoms with Gasteiger partial charge in [-0.1, -0.05) is 33.6 Å². The van der Waals surface area contributed by atoms with Gasteiger partial charge in [-0.15, -0.1) is 0 Å². The van der Waals surface area contributed by atoms with Crippen LogP contribution in [0.4, 0.5) is 0 Å². The van der Waals surface area contributed by atoms with Crippen molar-refractivity contribution in [2.24, 2.45) is 5.41 Å². The van der Waals surface area contributed by atoms with Crippen LogP contribution in [0, 0.1) is 5.41 Å². The van der Waals surface area contributed by atoms with Gasteiger partial charge in [-0.25, -0.2) is 0 Å². The number of ketones is 1. The van der Waals surface area contributed by atoms with E-state index in [-0.39, 0.29) is 28.9 Å². The number of esters is 1. The first-order chi connectivity index (χ1) is 11.1. The number of unbranched alkanes of at least 4 members (excludes halogenated alkanes) is 3. The largest absolute Gasteiger partial charge is 0.469 e. The van der Waals surface area contributed by atoms with Crippen LogP contribution in [-0.4, -0.2) is 30.6 Å². The average Bonchev–Trinajstić information content (AvgIpc) is 2.80. The highest BCUT2D eigenvalue weighted by atomic mass is 16.5. The number of Topliss-reactive ketones (excluding diaryl/α,β-unsaturated/α-hetero) is 1. The van der Waals surface area contributed by atoms with Gasteiger partial charge in [0.05, 0.1) is 18.8 Å². The Labute approximate surface area is 147 Å². The van der Waals surface area contributed by atoms with Gasteiger partial charge in [-0.3, -0.25) is 9.59 Å². The summed E-state index contributed by atoms with van der Waals surface area (Å²) in [6, 6.07) is 0. The molecule has 0 saturated carbocycles. The number of ether oxygens (including phenoxy) is 2. The summed E-state index contributed by atoms with van der Waals surface area (Å²) in [6.07, 6.45) is 7.54. The molecule has 0 bridgehead atoms. The molecule has 1 atom stereocenters. The van der Waals surface area contributed by atoms with Gasteiger partial charge in [0, 0.05) is 12.8 Å². The summed E-state index contributed by atoms with van der Waals surface area (Å²) in [6.45, 7) is 10.6. The van der Waals surface area contributed by atoms with Gasteiger partial charge in [-0.2, -0.15) is 0 Å². The Bertz CT molecular complexity index is 469. The van der Waals surface area contributed by atoms with E-state index in [0.29, 0.717) is 12.8 Å². The van der Waals surface area contributed by atoms with Crippen molar-refractivity contribution in [2.45, 2.75) is 91.3 Å². The van der Waals surface area contributed by atoms with Crippen molar-refractivity contribution in [2.75, 3.05) is 7.11 Å². The molecule has 0 spiro atoms. The van der Waals surface area contributed by atoms with Crippen LogP contribution in [0.15, 0.2) is 11.6 Å². The number of allylic oxidation sites excluding steroid dienone is 1. The lowest BCUT2D eigenvalue weighted by atomic mass is 9.79. The third-order valence-electron chi connectivity index (χ3n) is 5.19. The highest BCUT2D eigenvalue weighted by Crippen LogP contribution is 2.36. The van der Waals surface area contributed by atoms with Crippen LogP contribution >= 0.6 is 0 Å². The minimum absolute atomic E-state index is 0.0201. The van der Waals surface area contributed by atoms with Crippen LogP contribution in [0.5, 0.6) is 0 Å². The zero-order valence-electron chi connectivity index (χ0n) is 16.2. The Balaban J connectivity index is 2.36. The average molecular weight is 338 g/mol. The molecule has 1 aliphatic carbocycles. The monoisotopic (exact) mass is 338 g/mol. The molecule has 0 aromatic rings. The number of carbonyl (C=O) groups is 2. The number of hydrogen-bond donors (Lipinski definition) is 0. The summed E-state index contributed by atoms with van der Waals surface area (Å²) in [5.74, 6) is 0.0735. The Hall–Kier alpha value is -1.16. The van der Waals surface area contributed by atoms with Crippen molar-refractivity contribution in [3.8, 4) is 0 Å². The molecule has 0 fully saturated rings. The van der Waals surface area contributed by atoms with Crippen molar-refractivity contribution in [3.63, 3.8) is 0 Å². The van der Waals surface area contributed by atoms with Crippen LogP contribution in [-0.2, 0) is 19.1 Å². The van der Waals surface area contributed by atoms with Crippen LogP contribution in [0.25, 0.3) is 0 Å². The Morgan fingerprint density at radius 3 is 2.33 bits per heavy atom. The lowest BCUT2D eigenvalue weighted by molar-refractivity contribution is -0.140. The molecule has 0 aromatic carbocycles. The van der Waals surface area contributed by atoms with E-state index >= 15 is 0 Å². The molecule has 24 heavy (non-hydrogen) atoms. The Morgan fingerprint density at radius 2 is 1.75 bits per heavy atom. The van der Waals surface area contributed by atoms with Gasteiger partial charge in [0.1, 0.15) is 0 Å². The third kappa shape index (κ3) is 6.39. The molecule has 4 nitrogen and oxygen atoms in total. The SMILES string of the molecule is COC(=O)CCCCCCC1=CC(OC(C)(C)C(C)(C)C)CC1=O. The van der Waals surface area contributed by atoms with Crippen LogP contribution < -0.4 is 0 Å². The van der Waals surface area contributed by atoms with Gasteiger partial charge in [0.25, 0.3) is 0 Å². The van der Waals surface area contributed by atoms with Crippen molar-refractivity contribution in [3.05, 3.63) is 11.6 Å². The maximum absolute atomic E-state index is 12.2. The van der Waals surface area contributed by atoms with E-state index in [1.54, 1.807) is 0 Å². The summed E-state index contributed by atoms with van der Waals surface area (Å²) in [7, 11) is 1.42. The minimum atomic E-state index is -0.280. The highest BCUT2D eigenvalue weighted by molar-refractivity contribution is 5.98. The molecule has 1 unspecified atom stereocenters. The quantitative estimate of drug-likeness (QED) is 0.455. The van der Waals surface area contributed by atoms with Crippen LogP contribution in [0.1, 0.15) is 79.6 Å². The van der Waals surface area contributed by atoms with Crippen molar-refractivity contribution in [1.29, 1.82) is 0 Å². The van der Waals surface area contributed by atoms with E-state index < -0.39 is 0 Å². The predicted molar refractivity (Wildman–Crippen MR) is 95.8 cm³/mol. The zero-order chi connectivity index (χ0) is 18.4. The smallest absolute Gasteiger partial charge is 0.305 e. The van der Waals surface area contributed by atoms with Gasteiger partial charge in [-0.05, 0) is 50.2 Å². The molecule has 0 N–H and O–H groups in total. The molecular weight excluding hydrogens is 304 g/mol. The van der Waals surface area contributed by atoms with E-state index in [1.807, 2.05) is 6.08 Å². The van der Waals surface area contributed by atoms with E-state index in [1.165, 1.54) is 7.11 Å². The summed E-state index contributed by atoms with van der Waals surface area (Å²) >= 11 is 0. The normalized spacial score (nSPS) is 18.7. The molecular formula is C20H34O4. The third-order valence-corrected chi connectivity index (χ3v) is 5.19. The second-order valence-corrected chi connectivity index (χ2v) is 8.23. The fraction of sp³-hybridized carbons (Fsp3) is 0.800. The first-order valence-electron chi connectivity index (χ1n) is 9.05. The lowest BCUT2D eigenvalue weighted by Gasteiger charge is -2.40. The zero-order valence-corrected chi connectivity index (χ0v) is 16.2. The number of methoxy groups -OCH3 is 1. The predicted octanol–water partition coefficient (Wildman–Crippen LogP) is 4.61. The molecule has 1 rings (SSSR count). The number of rotatable bonds is 9. The topological polar surface area (TPSA) is 52.6 Å². The maximum Gasteiger partial charge on any atom is 0.305 e. The molecule has 138 valence electrons. The summed E-state index contributed by atoms with van der Waals surface area (Å²) < 4.78 is 10.8. The molecule has 0 radical (unpaired) electrons. The molecule has 0 aromatic heterocycles. The second-order valence-electron chi connectivity index (χ2n) is 8.23. The van der Waals surface area contributed by atoms with Gasteiger partial charge in [0.15, 0.2) is 5.78 Å². The maximum atomic E-state index is 12.2. The molecule has 1 aliphatic rings. The summed E-state index contributed by atoms with van der Waals surface area (Å²) in [5.41, 5.74) is 0.655. The minimum Gasteiger partial charge on any atom is -0.469 e. The van der Waals surface area contributed by atoms with Crippen LogP contribution in [0.3, 0.4) is 0 Å². The molecule has 0 saturated heterocycles. The van der Waals surface area contributed by atoms with Gasteiger partial charge in [0.2, 0.25) is 0 Å². The lowest BCUT2D eigenvalue weighted by Crippen LogP contribution is -2.41. The Morgan fingerprint density at radius 1 is 1.12 bits per heavy atom. The van der Waals surface area contributed by atoms with Crippen molar-refractivity contribution < 1.29 is 19.1 Å². The van der Waals surface area contributed by atoms with E-state index in [4.69, 9.17) is 4.74 Å². The van der Waals surface area contributed by atoms with E-state index in [9.17, 15) is 9.59 Å². The van der Waals surface area contributed by atoms with Gasteiger partial charge >= 0.3 is 5.97 Å². The molecule has 0 aliphatic heterocycles. The molecule has 0 amide bonds. The standard InChI is InChI=1S/C20H34O4/c1-19(2,3)20(4,5)24-16-13-15(17(21)14-16)11-9-7-8-10-12-18(22)23-6/h13,16H,7-12,14H2,1-6H3. The number of hydrogen-bond acceptors (Lipinski definition) is 4. The second kappa shape index (κ2) is 8.80. The summed E-state index contributed by atoms with van der Waals surface area (Å²) in [5, 5.41) is 0. The fourth-order valence-electron chi connectivity index (χ4n) is 2.58. The Kier molecular flexibility index (Phi) is 7.65. The molecule has 0 heterocycles. The fourth-order valence-corrected chi connectivity index (χ4v) is 2.58. The van der Waals surface area contributed by atoms with Crippen LogP contribution in [0.2, 0.25) is 0 Å². The van der Waals surface area contributed by atoms with Crippen molar-refractivity contribution >= 4 is 11.8 Å². The van der Waals surface area contributed by atoms with Gasteiger partial charge < -0.3 is 9.47 Å². The highest BCUT2D eigenvalue weighted by Gasteiger charge is 2.37. The van der Waals surface area contributed by atoms with Crippen molar-refractivity contribution in [1.82, 2.24) is 0 Å². The summed E-state index contributed by atoms with van der Waals surface area (Å²) in [4.78, 5) is 23.2. The molecule has 4 heteroatoms. The first-order valence-corrected chi connectivity index (χ1v) is 9.05. The van der Waals surface area contributed by atoms with E-state index in [2.05, 4.69) is 39.4 Å². The first kappa shape index (κ1) is 20.9. The number of carbonyl (C=O) groups excluding carboxylic acids is 2. The van der Waals surface area contributed by atoms with E-state index in [0.717, 1.165) is 37.7 Å².